The molecule has 4 aliphatic rings. The van der Waals surface area contributed by atoms with Crippen LogP contribution < -0.4 is 5.32 Å². The number of aliphatic hydroxyl groups is 1. The van der Waals surface area contributed by atoms with Crippen LogP contribution in [0.3, 0.4) is 0 Å². The Kier molecular flexibility index (Phi) is 1.58. The Morgan fingerprint density at radius 1 is 1.15 bits per heavy atom. The minimum atomic E-state index is -0.260. The highest BCUT2D eigenvalue weighted by atomic mass is 16.3. The highest BCUT2D eigenvalue weighted by Gasteiger charge is 2.54. The molecule has 0 spiro atoms. The summed E-state index contributed by atoms with van der Waals surface area (Å²) in [6, 6.07) is 0.705. The predicted molar refractivity (Wildman–Crippen MR) is 51.4 cm³/mol. The zero-order chi connectivity index (χ0) is 9.05. The van der Waals surface area contributed by atoms with Crippen molar-refractivity contribution in [3.63, 3.8) is 0 Å². The van der Waals surface area contributed by atoms with Gasteiger partial charge >= 0.3 is 0 Å². The molecule has 13 heavy (non-hydrogen) atoms. The molecule has 74 valence electrons. The summed E-state index contributed by atoms with van der Waals surface area (Å²) in [5.41, 5.74) is -0.260. The average molecular weight is 181 g/mol. The van der Waals surface area contributed by atoms with Gasteiger partial charge in [0.1, 0.15) is 0 Å². The van der Waals surface area contributed by atoms with Crippen molar-refractivity contribution in [2.24, 2.45) is 17.8 Å². The molecular weight excluding hydrogens is 162 g/mol. The molecule has 0 saturated heterocycles. The summed E-state index contributed by atoms with van der Waals surface area (Å²) in [7, 11) is 2.08. The van der Waals surface area contributed by atoms with E-state index in [1.54, 1.807) is 0 Å². The topological polar surface area (TPSA) is 32.3 Å². The molecule has 0 radical (unpaired) electrons. The Labute approximate surface area is 79.7 Å². The number of nitrogens with one attached hydrogen (secondary N) is 1. The quantitative estimate of drug-likeness (QED) is 0.636. The van der Waals surface area contributed by atoms with Crippen LogP contribution in [0.5, 0.6) is 0 Å². The van der Waals surface area contributed by atoms with Crippen molar-refractivity contribution in [2.45, 2.75) is 43.7 Å². The van der Waals surface area contributed by atoms with Gasteiger partial charge in [0.25, 0.3) is 0 Å². The lowest BCUT2D eigenvalue weighted by Gasteiger charge is -2.58. The highest BCUT2D eigenvalue weighted by molar-refractivity contribution is 5.07. The van der Waals surface area contributed by atoms with Crippen LogP contribution in [0.1, 0.15) is 32.1 Å². The molecule has 0 heterocycles. The highest BCUT2D eigenvalue weighted by Crippen LogP contribution is 2.55. The largest absolute Gasteiger partial charge is 0.390 e. The van der Waals surface area contributed by atoms with Crippen LogP contribution in [-0.4, -0.2) is 23.8 Å². The third-order valence-corrected chi connectivity index (χ3v) is 4.57. The number of rotatable bonds is 1. The summed E-state index contributed by atoms with van der Waals surface area (Å²) in [6.45, 7) is 0. The van der Waals surface area contributed by atoms with Crippen LogP contribution in [0.2, 0.25) is 0 Å². The average Bonchev–Trinajstić information content (AvgIpc) is 2.00. The number of hydrogen-bond acceptors (Lipinski definition) is 2. The summed E-state index contributed by atoms with van der Waals surface area (Å²) in [5.74, 6) is 2.37. The summed E-state index contributed by atoms with van der Waals surface area (Å²) in [5, 5.41) is 13.7. The predicted octanol–water partition coefficient (Wildman–Crippen LogP) is 1.15. The van der Waals surface area contributed by atoms with Crippen molar-refractivity contribution in [3.05, 3.63) is 0 Å². The summed E-state index contributed by atoms with van der Waals surface area (Å²) in [4.78, 5) is 0. The van der Waals surface area contributed by atoms with Crippen molar-refractivity contribution < 1.29 is 5.11 Å². The van der Waals surface area contributed by atoms with Crippen molar-refractivity contribution in [2.75, 3.05) is 7.05 Å². The first-order valence-electron chi connectivity index (χ1n) is 5.60. The van der Waals surface area contributed by atoms with Gasteiger partial charge in [-0.3, -0.25) is 0 Å². The lowest BCUT2D eigenvalue weighted by atomic mass is 9.52. The molecule has 4 saturated carbocycles. The molecule has 2 atom stereocenters. The van der Waals surface area contributed by atoms with E-state index in [0.717, 1.165) is 37.0 Å². The van der Waals surface area contributed by atoms with Crippen molar-refractivity contribution in [1.29, 1.82) is 0 Å². The summed E-state index contributed by atoms with van der Waals surface area (Å²) in [6.07, 6.45) is 5.95. The van der Waals surface area contributed by atoms with E-state index in [2.05, 4.69) is 12.4 Å². The molecule has 4 bridgehead atoms. The third-order valence-electron chi connectivity index (χ3n) is 4.57. The zero-order valence-corrected chi connectivity index (χ0v) is 8.29. The van der Waals surface area contributed by atoms with Gasteiger partial charge in [0, 0.05) is 6.04 Å². The maximum Gasteiger partial charge on any atom is 0.0657 e. The lowest BCUT2D eigenvalue weighted by molar-refractivity contribution is -0.137. The fourth-order valence-electron chi connectivity index (χ4n) is 4.45. The zero-order valence-electron chi connectivity index (χ0n) is 8.29. The minimum absolute atomic E-state index is 0.260. The second-order valence-corrected chi connectivity index (χ2v) is 5.51. The molecule has 2 N–H and O–H groups in total. The van der Waals surface area contributed by atoms with E-state index >= 15 is 0 Å². The van der Waals surface area contributed by atoms with Crippen molar-refractivity contribution in [1.82, 2.24) is 5.32 Å². The Balaban J connectivity index is 1.90. The van der Waals surface area contributed by atoms with E-state index in [1.807, 2.05) is 0 Å². The SMILES string of the molecule is CN[C@H]1C2CC3CC1C[C@](O)(C3)C2. The van der Waals surface area contributed by atoms with Crippen LogP contribution in [0.25, 0.3) is 0 Å². The molecule has 0 aromatic carbocycles. The van der Waals surface area contributed by atoms with Crippen molar-refractivity contribution >= 4 is 0 Å². The second-order valence-electron chi connectivity index (χ2n) is 5.51. The Bertz CT molecular complexity index is 212. The molecule has 0 aromatic heterocycles. The van der Waals surface area contributed by atoms with Crippen LogP contribution in [0.4, 0.5) is 0 Å². The Morgan fingerprint density at radius 2 is 1.77 bits per heavy atom. The van der Waals surface area contributed by atoms with Gasteiger partial charge in [-0.2, -0.15) is 0 Å². The maximum absolute atomic E-state index is 10.3. The van der Waals surface area contributed by atoms with E-state index in [-0.39, 0.29) is 5.60 Å². The molecular formula is C11H19NO. The Morgan fingerprint density at radius 3 is 2.23 bits per heavy atom. The Hall–Kier alpha value is -0.0800. The first-order valence-corrected chi connectivity index (χ1v) is 5.60. The van der Waals surface area contributed by atoms with Crippen LogP contribution in [0.15, 0.2) is 0 Å². The summed E-state index contributed by atoms with van der Waals surface area (Å²) < 4.78 is 0. The number of hydrogen-bond donors (Lipinski definition) is 2. The van der Waals surface area contributed by atoms with Gasteiger partial charge in [-0.15, -0.1) is 0 Å². The molecule has 0 aromatic rings. The fourth-order valence-corrected chi connectivity index (χ4v) is 4.45. The maximum atomic E-state index is 10.3. The van der Waals surface area contributed by atoms with Gasteiger partial charge < -0.3 is 10.4 Å². The molecule has 0 amide bonds. The molecule has 2 heteroatoms. The second kappa shape index (κ2) is 2.48. The smallest absolute Gasteiger partial charge is 0.0657 e. The standard InChI is InChI=1S/C11H19NO/c1-12-10-8-2-7-3-9(10)6-11(13,4-7)5-8/h7-10,12-13H,2-6H2,1H3/t7?,8?,9?,10-,11-. The minimum Gasteiger partial charge on any atom is -0.390 e. The first kappa shape index (κ1) is 8.25. The van der Waals surface area contributed by atoms with Crippen LogP contribution in [-0.2, 0) is 0 Å². The van der Waals surface area contributed by atoms with E-state index in [0.29, 0.717) is 6.04 Å². The fraction of sp³-hybridized carbons (Fsp3) is 1.00. The van der Waals surface area contributed by atoms with Gasteiger partial charge in [0.05, 0.1) is 5.60 Å². The molecule has 4 aliphatic carbocycles. The monoisotopic (exact) mass is 181 g/mol. The lowest BCUT2D eigenvalue weighted by Crippen LogP contribution is -2.60. The molecule has 4 fully saturated rings. The van der Waals surface area contributed by atoms with Crippen LogP contribution in [0, 0.1) is 17.8 Å². The molecule has 2 unspecified atom stereocenters. The van der Waals surface area contributed by atoms with Crippen molar-refractivity contribution in [3.8, 4) is 0 Å². The molecule has 2 nitrogen and oxygen atoms in total. The van der Waals surface area contributed by atoms with Gasteiger partial charge in [0.15, 0.2) is 0 Å². The van der Waals surface area contributed by atoms with Crippen LogP contribution >= 0.6 is 0 Å². The van der Waals surface area contributed by atoms with E-state index in [4.69, 9.17) is 0 Å². The third kappa shape index (κ3) is 1.08. The van der Waals surface area contributed by atoms with E-state index < -0.39 is 0 Å². The van der Waals surface area contributed by atoms with E-state index in [9.17, 15) is 5.11 Å². The first-order chi connectivity index (χ1) is 6.20. The van der Waals surface area contributed by atoms with E-state index in [1.165, 1.54) is 12.8 Å². The molecule has 4 rings (SSSR count). The summed E-state index contributed by atoms with van der Waals surface area (Å²) >= 11 is 0. The normalized spacial score (nSPS) is 58.6. The van der Waals surface area contributed by atoms with Gasteiger partial charge in [0.2, 0.25) is 0 Å². The van der Waals surface area contributed by atoms with Gasteiger partial charge in [-0.1, -0.05) is 0 Å². The van der Waals surface area contributed by atoms with Gasteiger partial charge in [-0.25, -0.2) is 0 Å². The molecule has 0 aliphatic heterocycles. The van der Waals surface area contributed by atoms with Gasteiger partial charge in [-0.05, 0) is 56.9 Å².